The molecule has 1 rings (SSSR count). The van der Waals surface area contributed by atoms with E-state index in [0.717, 1.165) is 24.3 Å². The molecule has 0 aliphatic heterocycles. The van der Waals surface area contributed by atoms with Crippen LogP contribution in [0.15, 0.2) is 23.5 Å². The third-order valence-corrected chi connectivity index (χ3v) is 1.55. The Hall–Kier alpha value is -1.58. The lowest BCUT2D eigenvalue weighted by Crippen LogP contribution is -2.01. The zero-order valence-electron chi connectivity index (χ0n) is 7.57. The van der Waals surface area contributed by atoms with E-state index in [-0.39, 0.29) is 0 Å². The summed E-state index contributed by atoms with van der Waals surface area (Å²) in [5.41, 5.74) is 0.782. The number of nitrogens with one attached hydrogen (secondary N) is 1. The van der Waals surface area contributed by atoms with E-state index in [0.29, 0.717) is 0 Å². The Morgan fingerprint density at radius 3 is 3.00 bits per heavy atom. The minimum atomic E-state index is 0.782. The lowest BCUT2D eigenvalue weighted by molar-refractivity contribution is 0.322. The van der Waals surface area contributed by atoms with Gasteiger partial charge in [-0.3, -0.25) is 0 Å². The Kier molecular flexibility index (Phi) is 3.75. The average molecular weight is 179 g/mol. The van der Waals surface area contributed by atoms with E-state index in [2.05, 4.69) is 22.4 Å². The van der Waals surface area contributed by atoms with Crippen molar-refractivity contribution >= 4 is 12.0 Å². The van der Waals surface area contributed by atoms with Gasteiger partial charge in [-0.15, -0.1) is 0 Å². The predicted octanol–water partition coefficient (Wildman–Crippen LogP) is 1.71. The fourth-order valence-electron chi connectivity index (χ4n) is 0.906. The van der Waals surface area contributed by atoms with Crippen LogP contribution in [0.3, 0.4) is 0 Å². The second-order valence-electron chi connectivity index (χ2n) is 2.65. The molecule has 4 heteroatoms. The van der Waals surface area contributed by atoms with Crippen molar-refractivity contribution in [1.82, 2.24) is 4.98 Å². The van der Waals surface area contributed by atoms with Gasteiger partial charge < -0.3 is 10.5 Å². The van der Waals surface area contributed by atoms with E-state index < -0.39 is 0 Å². The lowest BCUT2D eigenvalue weighted by Gasteiger charge is -2.02. The average Bonchev–Trinajstić information content (AvgIpc) is 2.17. The van der Waals surface area contributed by atoms with Crippen LogP contribution >= 0.6 is 0 Å². The van der Waals surface area contributed by atoms with Crippen LogP contribution < -0.4 is 5.32 Å². The number of aromatic nitrogens is 1. The van der Waals surface area contributed by atoms with Crippen molar-refractivity contribution in [1.29, 1.82) is 0 Å². The van der Waals surface area contributed by atoms with Gasteiger partial charge in [0, 0.05) is 18.3 Å². The molecule has 1 aromatic heterocycles. The van der Waals surface area contributed by atoms with Crippen LogP contribution in [0.4, 0.5) is 5.82 Å². The summed E-state index contributed by atoms with van der Waals surface area (Å²) in [6.45, 7) is 3.01. The second-order valence-corrected chi connectivity index (χ2v) is 2.65. The molecule has 0 fully saturated rings. The Balaban J connectivity index is 2.58. The van der Waals surface area contributed by atoms with Crippen molar-refractivity contribution in [2.75, 3.05) is 11.9 Å². The smallest absolute Gasteiger partial charge is 0.125 e. The van der Waals surface area contributed by atoms with Crippen molar-refractivity contribution in [2.45, 2.75) is 13.3 Å². The highest BCUT2D eigenvalue weighted by molar-refractivity contribution is 5.78. The van der Waals surface area contributed by atoms with Crippen molar-refractivity contribution in [3.05, 3.63) is 23.9 Å². The Morgan fingerprint density at radius 2 is 2.46 bits per heavy atom. The van der Waals surface area contributed by atoms with Gasteiger partial charge in [-0.2, -0.15) is 0 Å². The molecule has 0 atom stereocenters. The number of pyridine rings is 1. The number of hydrogen-bond acceptors (Lipinski definition) is 4. The normalized spacial score (nSPS) is 10.5. The summed E-state index contributed by atoms with van der Waals surface area (Å²) >= 11 is 0. The molecule has 0 aliphatic rings. The van der Waals surface area contributed by atoms with Gasteiger partial charge in [0.15, 0.2) is 0 Å². The van der Waals surface area contributed by atoms with Crippen molar-refractivity contribution in [3.63, 3.8) is 0 Å². The molecule has 0 radical (unpaired) electrons. The third kappa shape index (κ3) is 3.11. The molecule has 70 valence electrons. The van der Waals surface area contributed by atoms with Crippen LogP contribution in [0.5, 0.6) is 0 Å². The van der Waals surface area contributed by atoms with Gasteiger partial charge in [0.05, 0.1) is 6.21 Å². The quantitative estimate of drug-likeness (QED) is 0.420. The van der Waals surface area contributed by atoms with Crippen LogP contribution in [0.2, 0.25) is 0 Å². The first-order valence-electron chi connectivity index (χ1n) is 4.24. The highest BCUT2D eigenvalue weighted by Crippen LogP contribution is 2.02. The van der Waals surface area contributed by atoms with Gasteiger partial charge in [0.25, 0.3) is 0 Å². The molecule has 0 spiro atoms. The maximum Gasteiger partial charge on any atom is 0.125 e. The second kappa shape index (κ2) is 5.13. The number of nitrogens with zero attached hydrogens (tertiary/aromatic N) is 2. The molecule has 0 unspecified atom stereocenters. The number of rotatable bonds is 4. The summed E-state index contributed by atoms with van der Waals surface area (Å²) in [5.74, 6) is 0.844. The predicted molar refractivity (Wildman–Crippen MR) is 52.4 cm³/mol. The molecule has 0 amide bonds. The monoisotopic (exact) mass is 179 g/mol. The third-order valence-electron chi connectivity index (χ3n) is 1.55. The highest BCUT2D eigenvalue weighted by atomic mass is 16.4. The van der Waals surface area contributed by atoms with Gasteiger partial charge in [0.2, 0.25) is 0 Å². The highest BCUT2D eigenvalue weighted by Gasteiger charge is 1.91. The Labute approximate surface area is 77.3 Å². The molecular formula is C9H13N3O. The number of oxime groups is 1. The minimum absolute atomic E-state index is 0.782. The van der Waals surface area contributed by atoms with Gasteiger partial charge in [-0.25, -0.2) is 4.98 Å². The zero-order valence-corrected chi connectivity index (χ0v) is 7.57. The van der Waals surface area contributed by atoms with Gasteiger partial charge in [0.1, 0.15) is 5.82 Å². The van der Waals surface area contributed by atoms with Crippen LogP contribution in [0.1, 0.15) is 18.9 Å². The first-order chi connectivity index (χ1) is 6.36. The fraction of sp³-hybridized carbons (Fsp3) is 0.333. The van der Waals surface area contributed by atoms with Crippen LogP contribution in [0.25, 0.3) is 0 Å². The van der Waals surface area contributed by atoms with Gasteiger partial charge >= 0.3 is 0 Å². The number of hydrogen-bond donors (Lipinski definition) is 2. The zero-order chi connectivity index (χ0) is 9.52. The fourth-order valence-corrected chi connectivity index (χ4v) is 0.906. The molecule has 0 aliphatic carbocycles. The van der Waals surface area contributed by atoms with E-state index in [1.165, 1.54) is 6.21 Å². The summed E-state index contributed by atoms with van der Waals surface area (Å²) in [4.78, 5) is 4.12. The molecule has 0 saturated heterocycles. The van der Waals surface area contributed by atoms with Crippen molar-refractivity contribution in [2.24, 2.45) is 5.16 Å². The summed E-state index contributed by atoms with van der Waals surface area (Å²) in [6.07, 6.45) is 4.07. The van der Waals surface area contributed by atoms with E-state index in [9.17, 15) is 0 Å². The largest absolute Gasteiger partial charge is 0.411 e. The van der Waals surface area contributed by atoms with Crippen LogP contribution in [-0.2, 0) is 0 Å². The maximum absolute atomic E-state index is 8.26. The standard InChI is InChI=1S/C9H13N3O/c1-2-5-10-9-4-3-8(6-11-9)7-12-13/h3-4,6-7,13H,2,5H2,1H3,(H,10,11)/b12-7-. The minimum Gasteiger partial charge on any atom is -0.411 e. The first-order valence-corrected chi connectivity index (χ1v) is 4.24. The summed E-state index contributed by atoms with van der Waals surface area (Å²) in [5, 5.41) is 14.3. The van der Waals surface area contributed by atoms with Crippen LogP contribution in [0, 0.1) is 0 Å². The molecule has 1 heterocycles. The van der Waals surface area contributed by atoms with Crippen LogP contribution in [-0.4, -0.2) is 23.0 Å². The molecule has 1 aromatic rings. The molecule has 0 saturated carbocycles. The van der Waals surface area contributed by atoms with E-state index in [1.54, 1.807) is 6.20 Å². The lowest BCUT2D eigenvalue weighted by atomic mass is 10.3. The van der Waals surface area contributed by atoms with Gasteiger partial charge in [-0.05, 0) is 18.6 Å². The van der Waals surface area contributed by atoms with E-state index in [1.807, 2.05) is 12.1 Å². The Bertz CT molecular complexity index is 269. The number of anilines is 1. The van der Waals surface area contributed by atoms with E-state index >= 15 is 0 Å². The molecular weight excluding hydrogens is 166 g/mol. The molecule has 0 bridgehead atoms. The first kappa shape index (κ1) is 9.51. The molecule has 0 aromatic carbocycles. The molecule has 4 nitrogen and oxygen atoms in total. The SMILES string of the molecule is CCCNc1ccc(/C=N\O)cn1. The topological polar surface area (TPSA) is 57.5 Å². The van der Waals surface area contributed by atoms with Crippen molar-refractivity contribution in [3.8, 4) is 0 Å². The summed E-state index contributed by atoms with van der Waals surface area (Å²) in [6, 6.07) is 3.69. The maximum atomic E-state index is 8.26. The molecule has 2 N–H and O–H groups in total. The van der Waals surface area contributed by atoms with Crippen molar-refractivity contribution < 1.29 is 5.21 Å². The Morgan fingerprint density at radius 1 is 1.62 bits per heavy atom. The summed E-state index contributed by atoms with van der Waals surface area (Å²) in [7, 11) is 0. The van der Waals surface area contributed by atoms with Gasteiger partial charge in [-0.1, -0.05) is 12.1 Å². The van der Waals surface area contributed by atoms with E-state index in [4.69, 9.17) is 5.21 Å². The summed E-state index contributed by atoms with van der Waals surface area (Å²) < 4.78 is 0. The molecule has 13 heavy (non-hydrogen) atoms.